The molecule has 132 valence electrons. The van der Waals surface area contributed by atoms with Gasteiger partial charge in [0, 0.05) is 28.6 Å². The minimum atomic E-state index is -1.12. The minimum Gasteiger partial charge on any atom is -0.481 e. The summed E-state index contributed by atoms with van der Waals surface area (Å²) in [5.41, 5.74) is 0.961. The predicted octanol–water partition coefficient (Wildman–Crippen LogP) is 3.24. The van der Waals surface area contributed by atoms with Crippen LogP contribution in [0.15, 0.2) is 53.3 Å². The number of pyridine rings is 1. The van der Waals surface area contributed by atoms with Crippen LogP contribution in [0, 0.1) is 10.1 Å². The maximum atomic E-state index is 12.5. The molecule has 3 aromatic rings. The zero-order valence-corrected chi connectivity index (χ0v) is 14.1. The molecule has 2 aromatic carbocycles. The van der Waals surface area contributed by atoms with Gasteiger partial charge in [0.05, 0.1) is 23.4 Å². The lowest BCUT2D eigenvalue weighted by Gasteiger charge is -2.13. The second-order valence-corrected chi connectivity index (χ2v) is 6.19. The number of nitrogens with zero attached hydrogens (tertiary/aromatic N) is 2. The minimum absolute atomic E-state index is 0.166. The highest BCUT2D eigenvalue weighted by atomic mass is 35.5. The SMILES string of the molecule is O=C(O)Cc1cc(=O)n(Cc2ccc(Cl)cc2)c2ccc([N+](=O)[O-])cc12. The second kappa shape index (κ2) is 6.97. The zero-order chi connectivity index (χ0) is 18.8. The fraction of sp³-hybridized carbons (Fsp3) is 0.111. The molecule has 1 heterocycles. The molecule has 0 spiro atoms. The first-order chi connectivity index (χ1) is 12.3. The van der Waals surface area contributed by atoms with Gasteiger partial charge in [-0.2, -0.15) is 0 Å². The van der Waals surface area contributed by atoms with Gasteiger partial charge in [-0.3, -0.25) is 19.7 Å². The molecule has 0 aliphatic carbocycles. The molecule has 0 saturated carbocycles. The van der Waals surface area contributed by atoms with Crippen molar-refractivity contribution < 1.29 is 14.8 Å². The van der Waals surface area contributed by atoms with Gasteiger partial charge in [-0.25, -0.2) is 0 Å². The van der Waals surface area contributed by atoms with Crippen molar-refractivity contribution in [2.75, 3.05) is 0 Å². The van der Waals surface area contributed by atoms with Crippen molar-refractivity contribution >= 4 is 34.2 Å². The predicted molar refractivity (Wildman–Crippen MR) is 96.8 cm³/mol. The van der Waals surface area contributed by atoms with Crippen molar-refractivity contribution in [3.8, 4) is 0 Å². The quantitative estimate of drug-likeness (QED) is 0.547. The van der Waals surface area contributed by atoms with Crippen LogP contribution in [0.25, 0.3) is 10.9 Å². The molecule has 0 unspecified atom stereocenters. The van der Waals surface area contributed by atoms with E-state index >= 15 is 0 Å². The van der Waals surface area contributed by atoms with Crippen molar-refractivity contribution in [1.82, 2.24) is 4.57 Å². The van der Waals surface area contributed by atoms with Crippen LogP contribution in [0.4, 0.5) is 5.69 Å². The van der Waals surface area contributed by atoms with Crippen molar-refractivity contribution in [3.05, 3.63) is 85.1 Å². The maximum Gasteiger partial charge on any atom is 0.307 e. The Bertz CT molecular complexity index is 1070. The van der Waals surface area contributed by atoms with Crippen LogP contribution in [-0.4, -0.2) is 20.6 Å². The summed E-state index contributed by atoms with van der Waals surface area (Å²) in [4.78, 5) is 34.1. The van der Waals surface area contributed by atoms with E-state index in [1.807, 2.05) is 0 Å². The highest BCUT2D eigenvalue weighted by molar-refractivity contribution is 6.30. The lowest BCUT2D eigenvalue weighted by Crippen LogP contribution is -2.22. The van der Waals surface area contributed by atoms with Gasteiger partial charge >= 0.3 is 5.97 Å². The molecule has 26 heavy (non-hydrogen) atoms. The summed E-state index contributed by atoms with van der Waals surface area (Å²) in [7, 11) is 0. The number of halogens is 1. The number of fused-ring (bicyclic) bond motifs is 1. The molecule has 0 radical (unpaired) electrons. The summed E-state index contributed by atoms with van der Waals surface area (Å²) in [6.45, 7) is 0.234. The van der Waals surface area contributed by atoms with Crippen LogP contribution >= 0.6 is 11.6 Å². The standard InChI is InChI=1S/C18H13ClN2O5/c19-13-3-1-11(2-4-13)10-20-16-6-5-14(21(25)26)9-15(16)12(7-17(20)22)8-18(23)24/h1-7,9H,8,10H2,(H,23,24). The lowest BCUT2D eigenvalue weighted by atomic mass is 10.0. The number of rotatable bonds is 5. The third-order valence-corrected chi connectivity index (χ3v) is 4.24. The number of non-ortho nitro benzene ring substituents is 1. The van der Waals surface area contributed by atoms with Gasteiger partial charge in [0.25, 0.3) is 11.2 Å². The summed E-state index contributed by atoms with van der Waals surface area (Å²) in [5, 5.41) is 21.1. The van der Waals surface area contributed by atoms with E-state index in [1.54, 1.807) is 24.3 Å². The first-order valence-corrected chi connectivity index (χ1v) is 8.00. The Morgan fingerprint density at radius 2 is 1.85 bits per heavy atom. The fourth-order valence-corrected chi connectivity index (χ4v) is 2.92. The molecule has 0 saturated heterocycles. The monoisotopic (exact) mass is 372 g/mol. The first kappa shape index (κ1) is 17.6. The number of carbonyl (C=O) groups is 1. The summed E-state index contributed by atoms with van der Waals surface area (Å²) in [6, 6.07) is 12.2. The lowest BCUT2D eigenvalue weighted by molar-refractivity contribution is -0.384. The van der Waals surface area contributed by atoms with E-state index < -0.39 is 17.3 Å². The average molecular weight is 373 g/mol. The first-order valence-electron chi connectivity index (χ1n) is 7.62. The van der Waals surface area contributed by atoms with Crippen LogP contribution in [-0.2, 0) is 17.8 Å². The van der Waals surface area contributed by atoms with Crippen LogP contribution < -0.4 is 5.56 Å². The third-order valence-electron chi connectivity index (χ3n) is 3.99. The van der Waals surface area contributed by atoms with Crippen molar-refractivity contribution in [1.29, 1.82) is 0 Å². The van der Waals surface area contributed by atoms with E-state index in [0.29, 0.717) is 15.9 Å². The summed E-state index contributed by atoms with van der Waals surface area (Å²) in [6.07, 6.45) is -0.394. The molecule has 3 rings (SSSR count). The molecular weight excluding hydrogens is 360 g/mol. The maximum absolute atomic E-state index is 12.5. The zero-order valence-electron chi connectivity index (χ0n) is 13.4. The summed E-state index contributed by atoms with van der Waals surface area (Å²) >= 11 is 5.87. The van der Waals surface area contributed by atoms with Gasteiger partial charge in [-0.1, -0.05) is 23.7 Å². The highest BCUT2D eigenvalue weighted by Gasteiger charge is 2.15. The third kappa shape index (κ3) is 3.57. The van der Waals surface area contributed by atoms with Crippen molar-refractivity contribution in [2.24, 2.45) is 0 Å². The molecular formula is C18H13ClN2O5. The Balaban J connectivity index is 2.21. The number of carboxylic acids is 1. The Morgan fingerprint density at radius 1 is 1.15 bits per heavy atom. The Hall–Kier alpha value is -3.19. The molecule has 1 N–H and O–H groups in total. The number of aromatic nitrogens is 1. The van der Waals surface area contributed by atoms with Gasteiger partial charge in [0.1, 0.15) is 0 Å². The largest absolute Gasteiger partial charge is 0.481 e. The summed E-state index contributed by atoms with van der Waals surface area (Å²) in [5.74, 6) is -1.12. The Kier molecular flexibility index (Phi) is 4.73. The second-order valence-electron chi connectivity index (χ2n) is 5.75. The summed E-state index contributed by atoms with van der Waals surface area (Å²) < 4.78 is 1.45. The van der Waals surface area contributed by atoms with Crippen LogP contribution in [0.2, 0.25) is 5.02 Å². The van der Waals surface area contributed by atoms with Crippen LogP contribution in [0.1, 0.15) is 11.1 Å². The molecule has 1 aromatic heterocycles. The fourth-order valence-electron chi connectivity index (χ4n) is 2.80. The number of benzene rings is 2. The average Bonchev–Trinajstić information content (AvgIpc) is 2.59. The van der Waals surface area contributed by atoms with Crippen LogP contribution in [0.3, 0.4) is 0 Å². The normalized spacial score (nSPS) is 10.8. The molecule has 0 fully saturated rings. The Labute approximate surface area is 152 Å². The molecule has 0 bridgehead atoms. The van der Waals surface area contributed by atoms with Crippen LogP contribution in [0.5, 0.6) is 0 Å². The Morgan fingerprint density at radius 3 is 2.46 bits per heavy atom. The van der Waals surface area contributed by atoms with Gasteiger partial charge in [0.15, 0.2) is 0 Å². The molecule has 0 aliphatic rings. The number of nitro benzene ring substituents is 1. The van der Waals surface area contributed by atoms with E-state index in [-0.39, 0.29) is 23.4 Å². The molecule has 8 heteroatoms. The van der Waals surface area contributed by atoms with Crippen molar-refractivity contribution in [2.45, 2.75) is 13.0 Å². The van der Waals surface area contributed by atoms with E-state index in [2.05, 4.69) is 0 Å². The van der Waals surface area contributed by atoms with Gasteiger partial charge in [-0.15, -0.1) is 0 Å². The number of aliphatic carboxylic acids is 1. The van der Waals surface area contributed by atoms with E-state index in [4.69, 9.17) is 16.7 Å². The van der Waals surface area contributed by atoms with E-state index in [9.17, 15) is 19.7 Å². The number of nitro groups is 1. The molecule has 0 amide bonds. The van der Waals surface area contributed by atoms with Crippen molar-refractivity contribution in [3.63, 3.8) is 0 Å². The number of carboxylic acid groups (broad SMARTS) is 1. The number of hydrogen-bond donors (Lipinski definition) is 1. The van der Waals surface area contributed by atoms with E-state index in [0.717, 1.165) is 5.56 Å². The highest BCUT2D eigenvalue weighted by Crippen LogP contribution is 2.24. The van der Waals surface area contributed by atoms with Gasteiger partial charge < -0.3 is 9.67 Å². The van der Waals surface area contributed by atoms with Gasteiger partial charge in [-0.05, 0) is 29.3 Å². The molecule has 0 aliphatic heterocycles. The van der Waals surface area contributed by atoms with E-state index in [1.165, 1.54) is 28.8 Å². The van der Waals surface area contributed by atoms with Gasteiger partial charge in [0.2, 0.25) is 0 Å². The molecule has 7 nitrogen and oxygen atoms in total. The topological polar surface area (TPSA) is 102 Å². The number of hydrogen-bond acceptors (Lipinski definition) is 4. The smallest absolute Gasteiger partial charge is 0.307 e. The molecule has 0 atom stereocenters.